The van der Waals surface area contributed by atoms with E-state index in [4.69, 9.17) is 0 Å². The summed E-state index contributed by atoms with van der Waals surface area (Å²) in [6.07, 6.45) is 6.41. The number of aromatic amines is 1. The minimum atomic E-state index is 1.04. The molecule has 0 unspecified atom stereocenters. The van der Waals surface area contributed by atoms with Crippen molar-refractivity contribution in [3.8, 4) is 0 Å². The number of aromatic nitrogens is 2. The standard InChI is InChI=1S/C12H15N3/c1-2-15-7-3-4-9-8-14-10-5-6-13-12(15)11(9)10/h5-6,8,14H,2-4,7H2,1H3. The molecular formula is C12H15N3. The number of anilines is 1. The molecule has 0 atom stereocenters. The molecule has 0 spiro atoms. The van der Waals surface area contributed by atoms with E-state index in [1.807, 2.05) is 6.20 Å². The molecule has 3 nitrogen and oxygen atoms in total. The zero-order valence-corrected chi connectivity index (χ0v) is 8.95. The lowest BCUT2D eigenvalue weighted by Gasteiger charge is -2.20. The monoisotopic (exact) mass is 201 g/mol. The minimum absolute atomic E-state index is 1.04. The van der Waals surface area contributed by atoms with Gasteiger partial charge in [-0.2, -0.15) is 0 Å². The number of nitrogens with zero attached hydrogens (tertiary/aromatic N) is 2. The van der Waals surface area contributed by atoms with Crippen molar-refractivity contribution < 1.29 is 0 Å². The van der Waals surface area contributed by atoms with Crippen LogP contribution >= 0.6 is 0 Å². The van der Waals surface area contributed by atoms with E-state index in [-0.39, 0.29) is 0 Å². The molecule has 2 aromatic heterocycles. The summed E-state index contributed by atoms with van der Waals surface area (Å²) in [5.74, 6) is 1.16. The van der Waals surface area contributed by atoms with Crippen LogP contribution in [-0.2, 0) is 6.42 Å². The molecule has 0 bridgehead atoms. The van der Waals surface area contributed by atoms with Gasteiger partial charge >= 0.3 is 0 Å². The van der Waals surface area contributed by atoms with Gasteiger partial charge in [0.05, 0.1) is 5.52 Å². The topological polar surface area (TPSA) is 31.9 Å². The minimum Gasteiger partial charge on any atom is -0.361 e. The number of hydrogen-bond acceptors (Lipinski definition) is 2. The molecule has 0 saturated carbocycles. The van der Waals surface area contributed by atoms with Gasteiger partial charge < -0.3 is 9.88 Å². The molecule has 1 aliphatic heterocycles. The summed E-state index contributed by atoms with van der Waals surface area (Å²) >= 11 is 0. The molecule has 0 radical (unpaired) electrons. The normalized spacial score (nSPS) is 15.7. The molecule has 1 N–H and O–H groups in total. The van der Waals surface area contributed by atoms with Crippen LogP contribution in [0.2, 0.25) is 0 Å². The van der Waals surface area contributed by atoms with Crippen molar-refractivity contribution in [2.75, 3.05) is 18.0 Å². The van der Waals surface area contributed by atoms with Gasteiger partial charge in [-0.25, -0.2) is 4.98 Å². The second-order valence-corrected chi connectivity index (χ2v) is 4.05. The molecule has 3 heteroatoms. The van der Waals surface area contributed by atoms with Crippen LogP contribution < -0.4 is 4.90 Å². The van der Waals surface area contributed by atoms with Crippen LogP contribution in [0.1, 0.15) is 18.9 Å². The van der Waals surface area contributed by atoms with E-state index in [0.29, 0.717) is 0 Å². The van der Waals surface area contributed by atoms with Gasteiger partial charge in [0.15, 0.2) is 0 Å². The lowest BCUT2D eigenvalue weighted by atomic mass is 10.1. The molecule has 0 aliphatic carbocycles. The Balaban J connectivity index is 2.30. The molecule has 78 valence electrons. The fourth-order valence-electron chi connectivity index (χ4n) is 2.44. The Kier molecular flexibility index (Phi) is 1.91. The molecule has 3 rings (SSSR count). The summed E-state index contributed by atoms with van der Waals surface area (Å²) < 4.78 is 0. The van der Waals surface area contributed by atoms with Crippen molar-refractivity contribution in [2.45, 2.75) is 19.8 Å². The van der Waals surface area contributed by atoms with Crippen molar-refractivity contribution in [1.29, 1.82) is 0 Å². The van der Waals surface area contributed by atoms with Gasteiger partial charge in [0, 0.05) is 30.9 Å². The smallest absolute Gasteiger partial charge is 0.138 e. The Bertz CT molecular complexity index is 487. The number of nitrogens with one attached hydrogen (secondary N) is 1. The summed E-state index contributed by atoms with van der Waals surface area (Å²) in [5, 5.41) is 1.33. The molecule has 0 aromatic carbocycles. The molecule has 15 heavy (non-hydrogen) atoms. The van der Waals surface area contributed by atoms with Crippen LogP contribution in [0.3, 0.4) is 0 Å². The first-order chi connectivity index (χ1) is 7.40. The van der Waals surface area contributed by atoms with Crippen molar-refractivity contribution >= 4 is 16.7 Å². The molecule has 0 fully saturated rings. The summed E-state index contributed by atoms with van der Waals surface area (Å²) in [7, 11) is 0. The predicted molar refractivity (Wildman–Crippen MR) is 62.3 cm³/mol. The van der Waals surface area contributed by atoms with Gasteiger partial charge in [0.25, 0.3) is 0 Å². The van der Waals surface area contributed by atoms with Crippen molar-refractivity contribution in [1.82, 2.24) is 9.97 Å². The summed E-state index contributed by atoms with van der Waals surface area (Å²) in [4.78, 5) is 10.2. The maximum atomic E-state index is 4.53. The first kappa shape index (κ1) is 8.77. The quantitative estimate of drug-likeness (QED) is 0.768. The van der Waals surface area contributed by atoms with Gasteiger partial charge in [0.1, 0.15) is 5.82 Å². The second-order valence-electron chi connectivity index (χ2n) is 4.05. The molecule has 2 aromatic rings. The van der Waals surface area contributed by atoms with E-state index < -0.39 is 0 Å². The fourth-order valence-corrected chi connectivity index (χ4v) is 2.44. The highest BCUT2D eigenvalue weighted by Gasteiger charge is 2.17. The first-order valence-corrected chi connectivity index (χ1v) is 5.60. The number of H-pyrrole nitrogens is 1. The van der Waals surface area contributed by atoms with Crippen LogP contribution in [0.4, 0.5) is 5.82 Å². The Hall–Kier alpha value is -1.51. The average molecular weight is 201 g/mol. The maximum absolute atomic E-state index is 4.53. The number of aryl methyl sites for hydroxylation is 1. The summed E-state index contributed by atoms with van der Waals surface area (Å²) in [6.45, 7) is 4.35. The van der Waals surface area contributed by atoms with Gasteiger partial charge in [-0.3, -0.25) is 0 Å². The molecule has 0 saturated heterocycles. The number of hydrogen-bond donors (Lipinski definition) is 1. The van der Waals surface area contributed by atoms with Gasteiger partial charge in [0.2, 0.25) is 0 Å². The number of rotatable bonds is 1. The van der Waals surface area contributed by atoms with Crippen LogP contribution in [0.15, 0.2) is 18.5 Å². The van der Waals surface area contributed by atoms with E-state index in [0.717, 1.165) is 25.3 Å². The Morgan fingerprint density at radius 2 is 2.47 bits per heavy atom. The van der Waals surface area contributed by atoms with Crippen LogP contribution in [0, 0.1) is 0 Å². The van der Waals surface area contributed by atoms with E-state index in [9.17, 15) is 0 Å². The number of pyridine rings is 1. The zero-order valence-electron chi connectivity index (χ0n) is 8.95. The lowest BCUT2D eigenvalue weighted by molar-refractivity contribution is 0.752. The maximum Gasteiger partial charge on any atom is 0.138 e. The molecule has 1 aliphatic rings. The van der Waals surface area contributed by atoms with E-state index in [1.54, 1.807) is 0 Å². The van der Waals surface area contributed by atoms with Crippen LogP contribution in [0.25, 0.3) is 10.9 Å². The zero-order chi connectivity index (χ0) is 10.3. The van der Waals surface area contributed by atoms with Gasteiger partial charge in [-0.15, -0.1) is 0 Å². The summed E-state index contributed by atoms with van der Waals surface area (Å²) in [6, 6.07) is 2.06. The van der Waals surface area contributed by atoms with Crippen molar-refractivity contribution in [2.24, 2.45) is 0 Å². The van der Waals surface area contributed by atoms with Crippen molar-refractivity contribution in [3.05, 3.63) is 24.0 Å². The average Bonchev–Trinajstić information content (AvgIpc) is 2.58. The van der Waals surface area contributed by atoms with E-state index in [1.165, 1.54) is 22.9 Å². The molecule has 3 heterocycles. The largest absolute Gasteiger partial charge is 0.361 e. The van der Waals surface area contributed by atoms with E-state index >= 15 is 0 Å². The fraction of sp³-hybridized carbons (Fsp3) is 0.417. The van der Waals surface area contributed by atoms with E-state index in [2.05, 4.69) is 34.1 Å². The molecule has 0 amide bonds. The highest BCUT2D eigenvalue weighted by Crippen LogP contribution is 2.30. The predicted octanol–water partition coefficient (Wildman–Crippen LogP) is 2.34. The van der Waals surface area contributed by atoms with Crippen LogP contribution in [0.5, 0.6) is 0 Å². The lowest BCUT2D eigenvalue weighted by Crippen LogP contribution is -2.24. The highest BCUT2D eigenvalue weighted by atomic mass is 15.2. The Morgan fingerprint density at radius 3 is 3.33 bits per heavy atom. The SMILES string of the molecule is CCN1CCCc2c[nH]c3ccnc1c23. The summed E-state index contributed by atoms with van der Waals surface area (Å²) in [5.41, 5.74) is 2.64. The second kappa shape index (κ2) is 3.26. The van der Waals surface area contributed by atoms with Crippen LogP contribution in [-0.4, -0.2) is 23.1 Å². The van der Waals surface area contributed by atoms with Gasteiger partial charge in [-0.1, -0.05) is 0 Å². The highest BCUT2D eigenvalue weighted by molar-refractivity contribution is 5.93. The third kappa shape index (κ3) is 1.23. The first-order valence-electron chi connectivity index (χ1n) is 5.60. The molecular weight excluding hydrogens is 186 g/mol. The Morgan fingerprint density at radius 1 is 1.53 bits per heavy atom. The third-order valence-corrected chi connectivity index (χ3v) is 3.21. The van der Waals surface area contributed by atoms with Crippen molar-refractivity contribution in [3.63, 3.8) is 0 Å². The van der Waals surface area contributed by atoms with Gasteiger partial charge in [-0.05, 0) is 31.4 Å². The third-order valence-electron chi connectivity index (χ3n) is 3.21. The Labute approximate surface area is 89.1 Å².